The molecule has 1 aliphatic heterocycles. The Labute approximate surface area is 174 Å². The van der Waals surface area contributed by atoms with Crippen LogP contribution >= 0.6 is 24.0 Å². The number of benzene rings is 2. The fourth-order valence-corrected chi connectivity index (χ4v) is 3.37. The zero-order valence-corrected chi connectivity index (χ0v) is 16.4. The molecule has 0 unspecified atom stereocenters. The summed E-state index contributed by atoms with van der Waals surface area (Å²) in [5, 5.41) is -0.0195. The van der Waals surface area contributed by atoms with E-state index in [-0.39, 0.29) is 61.3 Å². The average Bonchev–Trinajstić information content (AvgIpc) is 2.85. The monoisotopic (exact) mass is 455 g/mol. The van der Waals surface area contributed by atoms with Crippen LogP contribution in [0.25, 0.3) is 0 Å². The molecule has 0 radical (unpaired) electrons. The Morgan fingerprint density at radius 1 is 1.07 bits per heavy atom. The molecule has 2 aromatic carbocycles. The molecule has 0 atom stereocenters. The first-order valence-corrected chi connectivity index (χ1v) is 8.77. The number of nitrogens with zero attached hydrogens (tertiary/aromatic N) is 1. The number of rotatable bonds is 3. The van der Waals surface area contributed by atoms with Crippen molar-refractivity contribution in [1.29, 1.82) is 0 Å². The van der Waals surface area contributed by atoms with E-state index in [9.17, 15) is 26.7 Å². The van der Waals surface area contributed by atoms with E-state index in [4.69, 9.17) is 16.3 Å². The van der Waals surface area contributed by atoms with Crippen LogP contribution in [0.15, 0.2) is 30.3 Å². The van der Waals surface area contributed by atoms with Gasteiger partial charge in [0.25, 0.3) is 0 Å². The first kappa shape index (κ1) is 23.2. The maximum atomic E-state index is 14.4. The molecule has 1 amide bonds. The Morgan fingerprint density at radius 3 is 2.24 bits per heavy atom. The molecule has 1 aliphatic rings. The summed E-state index contributed by atoms with van der Waals surface area (Å²) in [5.74, 6) is -2.87. The molecule has 0 saturated heterocycles. The second-order valence-electron chi connectivity index (χ2n) is 6.33. The van der Waals surface area contributed by atoms with Crippen molar-refractivity contribution < 1.29 is 31.5 Å². The van der Waals surface area contributed by atoms with Crippen LogP contribution in [0.4, 0.5) is 22.0 Å². The van der Waals surface area contributed by atoms with Gasteiger partial charge >= 0.3 is 12.1 Å². The number of fused-ring (bicyclic) bond motifs is 1. The van der Waals surface area contributed by atoms with Crippen LogP contribution in [0.1, 0.15) is 16.7 Å². The van der Waals surface area contributed by atoms with Crippen molar-refractivity contribution >= 4 is 29.9 Å². The van der Waals surface area contributed by atoms with Gasteiger partial charge in [0.05, 0.1) is 5.02 Å². The van der Waals surface area contributed by atoms with E-state index in [1.165, 1.54) is 24.3 Å². The highest BCUT2D eigenvalue weighted by Crippen LogP contribution is 2.36. The maximum absolute atomic E-state index is 14.4. The predicted molar refractivity (Wildman–Crippen MR) is 99.4 cm³/mol. The third kappa shape index (κ3) is 5.30. The lowest BCUT2D eigenvalue weighted by molar-refractivity contribution is -0.185. The van der Waals surface area contributed by atoms with Gasteiger partial charge in [0.2, 0.25) is 0 Å². The maximum Gasteiger partial charge on any atom is 0.471 e. The zero-order valence-electron chi connectivity index (χ0n) is 14.9. The van der Waals surface area contributed by atoms with Crippen molar-refractivity contribution in [2.75, 3.05) is 13.1 Å². The molecular formula is C19H16Cl2F5NO2. The molecule has 3 rings (SSSR count). The fourth-order valence-electron chi connectivity index (χ4n) is 3.10. The van der Waals surface area contributed by atoms with E-state index in [2.05, 4.69) is 0 Å². The second kappa shape index (κ2) is 9.17. The smallest absolute Gasteiger partial charge is 0.471 e. The number of amides is 1. The van der Waals surface area contributed by atoms with Gasteiger partial charge < -0.3 is 9.64 Å². The first-order valence-electron chi connectivity index (χ1n) is 8.40. The van der Waals surface area contributed by atoms with Crippen LogP contribution in [0.2, 0.25) is 5.02 Å². The fraction of sp³-hybridized carbons (Fsp3) is 0.316. The summed E-state index contributed by atoms with van der Waals surface area (Å²) in [6, 6.07) is 6.57. The lowest BCUT2D eigenvalue weighted by atomic mass is 10.0. The van der Waals surface area contributed by atoms with Gasteiger partial charge in [-0.25, -0.2) is 8.78 Å². The summed E-state index contributed by atoms with van der Waals surface area (Å²) in [7, 11) is 0. The van der Waals surface area contributed by atoms with E-state index < -0.39 is 23.7 Å². The van der Waals surface area contributed by atoms with E-state index in [1.54, 1.807) is 0 Å². The lowest BCUT2D eigenvalue weighted by Gasteiger charge is -2.21. The largest absolute Gasteiger partial charge is 0.487 e. The highest BCUT2D eigenvalue weighted by molar-refractivity contribution is 6.32. The number of hydrogen-bond acceptors (Lipinski definition) is 2. The molecule has 2 aromatic rings. The van der Waals surface area contributed by atoms with E-state index in [1.807, 2.05) is 0 Å². The van der Waals surface area contributed by atoms with Crippen molar-refractivity contribution in [2.24, 2.45) is 0 Å². The summed E-state index contributed by atoms with van der Waals surface area (Å²) in [6.45, 7) is -0.484. The van der Waals surface area contributed by atoms with E-state index in [0.717, 1.165) is 6.07 Å². The minimum atomic E-state index is -4.99. The molecule has 0 bridgehead atoms. The second-order valence-corrected chi connectivity index (χ2v) is 6.74. The van der Waals surface area contributed by atoms with Crippen LogP contribution < -0.4 is 4.74 Å². The molecule has 10 heteroatoms. The molecule has 0 aliphatic carbocycles. The van der Waals surface area contributed by atoms with Gasteiger partial charge in [-0.1, -0.05) is 23.7 Å². The number of hydrogen-bond donors (Lipinski definition) is 0. The first-order chi connectivity index (χ1) is 13.2. The number of carbonyl (C=O) groups excluding carboxylic acids is 1. The van der Waals surface area contributed by atoms with Crippen LogP contribution in [0.5, 0.6) is 5.75 Å². The van der Waals surface area contributed by atoms with E-state index in [0.29, 0.717) is 16.0 Å². The van der Waals surface area contributed by atoms with Crippen molar-refractivity contribution in [3.8, 4) is 5.75 Å². The quantitative estimate of drug-likeness (QED) is 0.602. The molecule has 0 aromatic heterocycles. The number of carbonyl (C=O) groups is 1. The van der Waals surface area contributed by atoms with Crippen molar-refractivity contribution in [1.82, 2.24) is 4.90 Å². The topological polar surface area (TPSA) is 29.5 Å². The zero-order chi connectivity index (χ0) is 20.5. The minimum absolute atomic E-state index is 0. The summed E-state index contributed by atoms with van der Waals surface area (Å²) in [6.07, 6.45) is -5.12. The van der Waals surface area contributed by atoms with Gasteiger partial charge in [-0.3, -0.25) is 4.79 Å². The van der Waals surface area contributed by atoms with Gasteiger partial charge in [-0.05, 0) is 42.2 Å². The van der Waals surface area contributed by atoms with Crippen LogP contribution in [-0.4, -0.2) is 30.1 Å². The SMILES string of the molecule is Cl.O=C(N1CCc2c(F)cc(Cl)c(OCc3ccc(F)cc3)c2CC1)C(F)(F)F. The Kier molecular flexibility index (Phi) is 7.35. The van der Waals surface area contributed by atoms with Crippen LogP contribution in [0, 0.1) is 11.6 Å². The third-order valence-corrected chi connectivity index (χ3v) is 4.77. The molecular weight excluding hydrogens is 440 g/mol. The molecule has 1 heterocycles. The molecule has 0 N–H and O–H groups in total. The van der Waals surface area contributed by atoms with Crippen molar-refractivity contribution in [3.05, 3.63) is 63.7 Å². The Bertz CT molecular complexity index is 888. The molecule has 0 saturated carbocycles. The Balaban J connectivity index is 0.00000300. The number of halogens is 7. The molecule has 158 valence electrons. The Hall–Kier alpha value is -2.06. The van der Waals surface area contributed by atoms with Crippen LogP contribution in [-0.2, 0) is 24.2 Å². The highest BCUT2D eigenvalue weighted by Gasteiger charge is 2.43. The lowest BCUT2D eigenvalue weighted by Crippen LogP contribution is -2.42. The van der Waals surface area contributed by atoms with Gasteiger partial charge in [-0.15, -0.1) is 12.4 Å². The molecule has 29 heavy (non-hydrogen) atoms. The third-order valence-electron chi connectivity index (χ3n) is 4.49. The van der Waals surface area contributed by atoms with E-state index >= 15 is 0 Å². The van der Waals surface area contributed by atoms with Crippen LogP contribution in [0.3, 0.4) is 0 Å². The van der Waals surface area contributed by atoms with Crippen molar-refractivity contribution in [3.63, 3.8) is 0 Å². The van der Waals surface area contributed by atoms with Gasteiger partial charge in [0.15, 0.2) is 0 Å². The minimum Gasteiger partial charge on any atom is -0.487 e. The molecule has 0 spiro atoms. The van der Waals surface area contributed by atoms with Gasteiger partial charge in [-0.2, -0.15) is 13.2 Å². The highest BCUT2D eigenvalue weighted by atomic mass is 35.5. The molecule has 3 nitrogen and oxygen atoms in total. The standard InChI is InChI=1S/C19H15ClF5NO2.ClH/c20-15-9-16(22)13-5-7-26(18(27)19(23,24)25)8-6-14(13)17(15)28-10-11-1-3-12(21)4-2-11;/h1-4,9H,5-8,10H2;1H. The van der Waals surface area contributed by atoms with Crippen molar-refractivity contribution in [2.45, 2.75) is 25.6 Å². The number of ether oxygens (including phenoxy) is 1. The normalized spacial score (nSPS) is 13.9. The summed E-state index contributed by atoms with van der Waals surface area (Å²) in [5.41, 5.74) is 1.15. The van der Waals surface area contributed by atoms with Gasteiger partial charge in [0.1, 0.15) is 24.0 Å². The Morgan fingerprint density at radius 2 is 1.66 bits per heavy atom. The summed E-state index contributed by atoms with van der Waals surface area (Å²) < 4.78 is 71.2. The predicted octanol–water partition coefficient (Wildman–Crippen LogP) is 5.11. The van der Waals surface area contributed by atoms with Gasteiger partial charge in [0, 0.05) is 18.7 Å². The number of alkyl halides is 3. The summed E-state index contributed by atoms with van der Waals surface area (Å²) >= 11 is 6.10. The summed E-state index contributed by atoms with van der Waals surface area (Å²) in [4.78, 5) is 12.2. The average molecular weight is 456 g/mol. The molecule has 0 fully saturated rings.